The first kappa shape index (κ1) is 18.3. The molecule has 0 aliphatic heterocycles. The molecule has 0 amide bonds. The molecule has 4 nitrogen and oxygen atoms in total. The van der Waals surface area contributed by atoms with E-state index in [1.165, 1.54) is 22.8 Å². The van der Waals surface area contributed by atoms with Crippen molar-refractivity contribution in [2.75, 3.05) is 6.61 Å². The van der Waals surface area contributed by atoms with Gasteiger partial charge in [0.2, 0.25) is 5.56 Å². The maximum Gasteiger partial charge on any atom is 0.207 e. The number of aromatic nitrogens is 1. The van der Waals surface area contributed by atoms with E-state index < -0.39 is 5.82 Å². The molecule has 0 aliphatic rings. The zero-order chi connectivity index (χ0) is 14.7. The van der Waals surface area contributed by atoms with E-state index >= 15 is 0 Å². The molecule has 105 valence electrons. The van der Waals surface area contributed by atoms with Crippen LogP contribution >= 0.6 is 22.6 Å². The second kappa shape index (κ2) is 8.01. The van der Waals surface area contributed by atoms with Crippen LogP contribution in [-0.4, -0.2) is 11.2 Å². The summed E-state index contributed by atoms with van der Waals surface area (Å²) in [6.45, 7) is -0.146. The van der Waals surface area contributed by atoms with Gasteiger partial charge in [-0.25, -0.2) is 4.39 Å². The van der Waals surface area contributed by atoms with Gasteiger partial charge in [0.15, 0.2) is 6.61 Å². The third-order valence-corrected chi connectivity index (χ3v) is 3.45. The van der Waals surface area contributed by atoms with Crippen molar-refractivity contribution >= 4 is 22.6 Å². The van der Waals surface area contributed by atoms with Crippen LogP contribution in [0.5, 0.6) is 5.75 Å². The van der Waals surface area contributed by atoms with Gasteiger partial charge in [-0.1, -0.05) is 11.3 Å². The fraction of sp³-hybridized carbons (Fsp3) is 0.143. The number of ether oxygens (including phenoxy) is 1. The van der Waals surface area contributed by atoms with Crippen molar-refractivity contribution in [3.05, 3.63) is 50.1 Å². The Bertz CT molecular complexity index is 756. The van der Waals surface area contributed by atoms with Crippen LogP contribution in [0.3, 0.4) is 0 Å². The van der Waals surface area contributed by atoms with E-state index in [4.69, 9.17) is 10.00 Å². The Balaban J connectivity index is 0.00000220. The summed E-state index contributed by atoms with van der Waals surface area (Å²) in [5.74, 6) is -0.267. The summed E-state index contributed by atoms with van der Waals surface area (Å²) >= 11 is 1.91. The normalized spacial score (nSPS) is 9.62. The molecule has 1 aromatic heterocycles. The Hall–Kier alpha value is -0.776. The first-order valence-corrected chi connectivity index (χ1v) is 6.69. The average Bonchev–Trinajstić information content (AvgIpc) is 2.44. The van der Waals surface area contributed by atoms with Crippen LogP contribution in [0.15, 0.2) is 29.1 Å². The van der Waals surface area contributed by atoms with E-state index in [1.54, 1.807) is 13.1 Å². The molecule has 2 rings (SSSR count). The predicted molar refractivity (Wildman–Crippen MR) is 79.7 cm³/mol. The molecule has 0 N–H and O–H groups in total. The fourth-order valence-electron chi connectivity index (χ4n) is 1.70. The summed E-state index contributed by atoms with van der Waals surface area (Å²) < 4.78 is 21.0. The van der Waals surface area contributed by atoms with Gasteiger partial charge in [-0.2, -0.15) is 17.4 Å². The van der Waals surface area contributed by atoms with E-state index in [0.29, 0.717) is 9.26 Å². The van der Waals surface area contributed by atoms with Gasteiger partial charge in [0.1, 0.15) is 11.8 Å². The summed E-state index contributed by atoms with van der Waals surface area (Å²) in [5, 5.41) is 8.41. The molecule has 0 bridgehead atoms. The first-order valence-electron chi connectivity index (χ1n) is 5.61. The Morgan fingerprint density at radius 2 is 2.24 bits per heavy atom. The van der Waals surface area contributed by atoms with E-state index in [-0.39, 0.29) is 56.2 Å². The van der Waals surface area contributed by atoms with Crippen LogP contribution < -0.4 is 10.3 Å². The fourth-order valence-corrected chi connectivity index (χ4v) is 2.22. The van der Waals surface area contributed by atoms with Crippen molar-refractivity contribution in [2.45, 2.75) is 0 Å². The largest absolute Gasteiger partial charge is 0.479 e. The number of hydrogen-bond donors (Lipinski definition) is 0. The van der Waals surface area contributed by atoms with Crippen molar-refractivity contribution in [1.29, 1.82) is 5.26 Å². The quantitative estimate of drug-likeness (QED) is 0.510. The molecule has 1 aromatic carbocycles. The van der Waals surface area contributed by atoms with Gasteiger partial charge in [0.05, 0.1) is 5.82 Å². The van der Waals surface area contributed by atoms with Gasteiger partial charge in [-0.05, 0) is 9.64 Å². The van der Waals surface area contributed by atoms with Gasteiger partial charge in [0, 0.05) is 45.8 Å². The Kier molecular flexibility index (Phi) is 6.97. The monoisotopic (exact) mass is 472 g/mol. The summed E-state index contributed by atoms with van der Waals surface area (Å²) in [5.41, 5.74) is 0.411. The van der Waals surface area contributed by atoms with Crippen molar-refractivity contribution in [3.8, 4) is 23.1 Å². The number of hydrogen-bond acceptors (Lipinski definition) is 3. The third-order valence-electron chi connectivity index (χ3n) is 2.68. The minimum absolute atomic E-state index is 0. The molecule has 1 radical (unpaired) electrons. The number of nitriles is 1. The molecule has 0 unspecified atom stereocenters. The number of halogens is 2. The number of benzene rings is 1. The molecule has 0 saturated carbocycles. The molecular formula is C14H9FIN2O2Y-. The Labute approximate surface area is 159 Å². The summed E-state index contributed by atoms with van der Waals surface area (Å²) in [6.07, 6.45) is 0. The maximum atomic E-state index is 14.1. The minimum Gasteiger partial charge on any atom is -0.479 e. The standard InChI is InChI=1S/C14H9FIN2O2.Y/c1-18-13(5-4-12(16)14(18)19)10-3-2-9(8-11(10)15)20-7-6-17;/h2-4,8H,7H2,1H3;/q-1;. The predicted octanol–water partition coefficient (Wildman–Crippen LogP) is 2.50. The SMILES string of the molecule is Cn1c(-c2ccc(OCC#N)cc2F)[c-]cc(I)c1=O.[Y]. The third kappa shape index (κ3) is 4.12. The van der Waals surface area contributed by atoms with Crippen molar-refractivity contribution < 1.29 is 41.8 Å². The van der Waals surface area contributed by atoms with Crippen LogP contribution in [0, 0.1) is 26.8 Å². The van der Waals surface area contributed by atoms with Crippen LogP contribution in [0.25, 0.3) is 11.3 Å². The molecule has 1 heterocycles. The van der Waals surface area contributed by atoms with Crippen molar-refractivity contribution in [2.24, 2.45) is 7.05 Å². The summed E-state index contributed by atoms with van der Waals surface area (Å²) in [4.78, 5) is 11.8. The second-order valence-corrected chi connectivity index (χ2v) is 5.10. The Morgan fingerprint density at radius 3 is 2.86 bits per heavy atom. The molecule has 0 saturated heterocycles. The van der Waals surface area contributed by atoms with Gasteiger partial charge >= 0.3 is 0 Å². The van der Waals surface area contributed by atoms with Gasteiger partial charge in [-0.3, -0.25) is 4.79 Å². The number of nitrogens with zero attached hydrogens (tertiary/aromatic N) is 2. The second-order valence-electron chi connectivity index (χ2n) is 3.94. The van der Waals surface area contributed by atoms with Crippen LogP contribution in [0.4, 0.5) is 4.39 Å². The van der Waals surface area contributed by atoms with E-state index in [0.717, 1.165) is 0 Å². The van der Waals surface area contributed by atoms with Gasteiger partial charge in [0.25, 0.3) is 0 Å². The zero-order valence-electron chi connectivity index (χ0n) is 11.1. The molecule has 7 heteroatoms. The maximum absolute atomic E-state index is 14.1. The number of pyridine rings is 1. The van der Waals surface area contributed by atoms with Gasteiger partial charge < -0.3 is 9.30 Å². The molecule has 0 spiro atoms. The van der Waals surface area contributed by atoms with E-state index in [2.05, 4.69) is 6.07 Å². The van der Waals surface area contributed by atoms with Gasteiger partial charge in [-0.15, -0.1) is 28.7 Å². The molecule has 0 atom stereocenters. The summed E-state index contributed by atoms with van der Waals surface area (Å²) in [6, 6.07) is 10.5. The van der Waals surface area contributed by atoms with Crippen LogP contribution in [0.2, 0.25) is 0 Å². The van der Waals surface area contributed by atoms with E-state index in [1.807, 2.05) is 28.7 Å². The smallest absolute Gasteiger partial charge is 0.207 e. The molecule has 0 aliphatic carbocycles. The summed E-state index contributed by atoms with van der Waals surface area (Å²) in [7, 11) is 1.57. The first-order chi connectivity index (χ1) is 9.54. The average molecular weight is 472 g/mol. The van der Waals surface area contributed by atoms with Crippen molar-refractivity contribution in [3.63, 3.8) is 0 Å². The molecule has 0 fully saturated rings. The van der Waals surface area contributed by atoms with Crippen LogP contribution in [0.1, 0.15) is 0 Å². The number of rotatable bonds is 3. The van der Waals surface area contributed by atoms with Crippen molar-refractivity contribution in [1.82, 2.24) is 4.57 Å². The molecule has 21 heavy (non-hydrogen) atoms. The van der Waals surface area contributed by atoms with E-state index in [9.17, 15) is 9.18 Å². The molecule has 2 aromatic rings. The minimum atomic E-state index is -0.534. The Morgan fingerprint density at radius 1 is 1.52 bits per heavy atom. The topological polar surface area (TPSA) is 55.0 Å². The zero-order valence-corrected chi connectivity index (χ0v) is 16.1. The van der Waals surface area contributed by atoms with Crippen LogP contribution in [-0.2, 0) is 39.8 Å². The molecular weight excluding hydrogens is 463 g/mol.